The minimum Gasteiger partial charge on any atom is -0.466 e. The summed E-state index contributed by atoms with van der Waals surface area (Å²) in [5.41, 5.74) is 3.08. The average molecular weight is 383 g/mol. The molecule has 0 spiro atoms. The van der Waals surface area contributed by atoms with Gasteiger partial charge in [-0.1, -0.05) is 68.1 Å². The summed E-state index contributed by atoms with van der Waals surface area (Å²) in [5.74, 6) is 1.00. The van der Waals surface area contributed by atoms with Gasteiger partial charge in [0.25, 0.3) is 0 Å². The Morgan fingerprint density at radius 1 is 1.11 bits per heavy atom. The van der Waals surface area contributed by atoms with Gasteiger partial charge < -0.3 is 4.74 Å². The summed E-state index contributed by atoms with van der Waals surface area (Å²) in [7, 11) is 0. The molecule has 3 nitrogen and oxygen atoms in total. The molecule has 2 aliphatic heterocycles. The summed E-state index contributed by atoms with van der Waals surface area (Å²) in [6.45, 7) is 4.43. The van der Waals surface area contributed by atoms with Gasteiger partial charge in [0.05, 0.1) is 11.8 Å². The van der Waals surface area contributed by atoms with Gasteiger partial charge in [0.1, 0.15) is 5.75 Å². The molecular formula is C23H27ClN2O. The van der Waals surface area contributed by atoms with E-state index >= 15 is 0 Å². The molecule has 0 fully saturated rings. The summed E-state index contributed by atoms with van der Waals surface area (Å²) in [6, 6.07) is 16.6. The quantitative estimate of drug-likeness (QED) is 0.528. The highest BCUT2D eigenvalue weighted by molar-refractivity contribution is 6.30. The molecule has 2 aliphatic rings. The molecule has 0 saturated carbocycles. The predicted molar refractivity (Wildman–Crippen MR) is 111 cm³/mol. The second-order valence-electron chi connectivity index (χ2n) is 7.74. The van der Waals surface area contributed by atoms with E-state index in [1.54, 1.807) is 0 Å². The van der Waals surface area contributed by atoms with Crippen molar-refractivity contribution in [3.8, 4) is 5.75 Å². The lowest BCUT2D eigenvalue weighted by Crippen LogP contribution is -2.51. The largest absolute Gasteiger partial charge is 0.466 e. The number of fused-ring (bicyclic) bond motifs is 3. The SMILES string of the molecule is CCCCCC[C@]1(C)Oc2ccccc2[C@@H]2CC(c3ccc(Cl)cc3)=NN21. The fraction of sp³-hybridized carbons (Fsp3) is 0.435. The van der Waals surface area contributed by atoms with Crippen LogP contribution in [0.1, 0.15) is 69.5 Å². The molecule has 0 saturated heterocycles. The van der Waals surface area contributed by atoms with Crippen LogP contribution in [-0.2, 0) is 0 Å². The van der Waals surface area contributed by atoms with Crippen molar-refractivity contribution < 1.29 is 4.74 Å². The standard InChI is InChI=1S/C23H27ClN2O/c1-3-4-5-8-15-23(2)26-21(19-9-6-7-10-22(19)27-23)16-20(25-26)17-11-13-18(24)14-12-17/h6-7,9-14,21H,3-5,8,15-16H2,1-2H3/t21-,23-/m0/s1. The Kier molecular flexibility index (Phi) is 5.14. The van der Waals surface area contributed by atoms with Gasteiger partial charge in [0, 0.05) is 23.4 Å². The number of halogens is 1. The minimum absolute atomic E-state index is 0.233. The van der Waals surface area contributed by atoms with E-state index in [0.717, 1.165) is 41.3 Å². The van der Waals surface area contributed by atoms with E-state index in [-0.39, 0.29) is 6.04 Å². The number of unbranched alkanes of at least 4 members (excludes halogenated alkanes) is 3. The number of para-hydroxylation sites is 1. The summed E-state index contributed by atoms with van der Waals surface area (Å²) in [4.78, 5) is 0. The van der Waals surface area contributed by atoms with E-state index in [9.17, 15) is 0 Å². The minimum atomic E-state index is -0.402. The second-order valence-corrected chi connectivity index (χ2v) is 8.18. The molecule has 27 heavy (non-hydrogen) atoms. The van der Waals surface area contributed by atoms with Crippen molar-refractivity contribution in [3.05, 3.63) is 64.7 Å². The van der Waals surface area contributed by atoms with E-state index in [1.807, 2.05) is 12.1 Å². The number of rotatable bonds is 6. The molecular weight excluding hydrogens is 356 g/mol. The maximum absolute atomic E-state index is 6.51. The van der Waals surface area contributed by atoms with E-state index in [0.29, 0.717) is 0 Å². The average Bonchev–Trinajstić information content (AvgIpc) is 3.13. The van der Waals surface area contributed by atoms with Crippen LogP contribution in [0.2, 0.25) is 5.02 Å². The van der Waals surface area contributed by atoms with E-state index in [1.165, 1.54) is 24.8 Å². The molecule has 2 aromatic rings. The molecule has 0 radical (unpaired) electrons. The van der Waals surface area contributed by atoms with E-state index in [4.69, 9.17) is 21.4 Å². The predicted octanol–water partition coefficient (Wildman–Crippen LogP) is 6.57. The number of ether oxygens (including phenoxy) is 1. The third-order valence-corrected chi connectivity index (χ3v) is 5.93. The van der Waals surface area contributed by atoms with Crippen LogP contribution in [-0.4, -0.2) is 16.4 Å². The second kappa shape index (κ2) is 7.55. The molecule has 2 atom stereocenters. The van der Waals surface area contributed by atoms with Gasteiger partial charge in [-0.25, -0.2) is 5.01 Å². The van der Waals surface area contributed by atoms with Crippen molar-refractivity contribution in [1.82, 2.24) is 5.01 Å². The Balaban J connectivity index is 1.65. The van der Waals surface area contributed by atoms with Gasteiger partial charge >= 0.3 is 0 Å². The Bertz CT molecular complexity index is 833. The molecule has 0 amide bonds. The van der Waals surface area contributed by atoms with Crippen molar-refractivity contribution >= 4 is 17.3 Å². The van der Waals surface area contributed by atoms with E-state index < -0.39 is 5.72 Å². The number of hydrazone groups is 1. The lowest BCUT2D eigenvalue weighted by Gasteiger charge is -2.46. The fourth-order valence-corrected chi connectivity index (χ4v) is 4.31. The Morgan fingerprint density at radius 2 is 1.89 bits per heavy atom. The maximum atomic E-state index is 6.51. The van der Waals surface area contributed by atoms with Crippen LogP contribution >= 0.6 is 11.6 Å². The van der Waals surface area contributed by atoms with Crippen LogP contribution in [0.25, 0.3) is 0 Å². The molecule has 0 aliphatic carbocycles. The highest BCUT2D eigenvalue weighted by Gasteiger charge is 2.47. The van der Waals surface area contributed by atoms with Gasteiger partial charge in [-0.3, -0.25) is 0 Å². The molecule has 0 bridgehead atoms. The monoisotopic (exact) mass is 382 g/mol. The lowest BCUT2D eigenvalue weighted by molar-refractivity contribution is -0.112. The summed E-state index contributed by atoms with van der Waals surface area (Å²) in [6.07, 6.45) is 6.79. The lowest BCUT2D eigenvalue weighted by atomic mass is 9.93. The van der Waals surface area contributed by atoms with Gasteiger partial charge in [-0.05, 0) is 37.1 Å². The molecule has 4 heteroatoms. The first-order valence-corrected chi connectivity index (χ1v) is 10.4. The Labute approximate surface area is 167 Å². The summed E-state index contributed by atoms with van der Waals surface area (Å²) < 4.78 is 6.51. The van der Waals surface area contributed by atoms with E-state index in [2.05, 4.69) is 55.3 Å². The maximum Gasteiger partial charge on any atom is 0.195 e. The molecule has 2 heterocycles. The first-order chi connectivity index (χ1) is 13.1. The van der Waals surface area contributed by atoms with Crippen molar-refractivity contribution in [2.45, 2.75) is 64.1 Å². The zero-order chi connectivity index (χ0) is 18.9. The molecule has 142 valence electrons. The van der Waals surface area contributed by atoms with Crippen LogP contribution in [0.4, 0.5) is 0 Å². The number of hydrogen-bond donors (Lipinski definition) is 0. The zero-order valence-electron chi connectivity index (χ0n) is 16.1. The molecule has 0 unspecified atom stereocenters. The third kappa shape index (κ3) is 3.58. The molecule has 4 rings (SSSR count). The van der Waals surface area contributed by atoms with Crippen molar-refractivity contribution in [1.29, 1.82) is 0 Å². The zero-order valence-corrected chi connectivity index (χ0v) is 16.9. The first kappa shape index (κ1) is 18.4. The number of hydrogen-bond acceptors (Lipinski definition) is 3. The highest BCUT2D eigenvalue weighted by atomic mass is 35.5. The van der Waals surface area contributed by atoms with Gasteiger partial charge in [0.2, 0.25) is 0 Å². The van der Waals surface area contributed by atoms with Gasteiger partial charge in [0.15, 0.2) is 5.72 Å². The van der Waals surface area contributed by atoms with Crippen LogP contribution in [0.15, 0.2) is 53.6 Å². The first-order valence-electron chi connectivity index (χ1n) is 10.0. The van der Waals surface area contributed by atoms with Crippen LogP contribution < -0.4 is 4.74 Å². The van der Waals surface area contributed by atoms with Crippen LogP contribution in [0.5, 0.6) is 5.75 Å². The highest BCUT2D eigenvalue weighted by Crippen LogP contribution is 2.48. The smallest absolute Gasteiger partial charge is 0.195 e. The van der Waals surface area contributed by atoms with Crippen molar-refractivity contribution in [2.24, 2.45) is 5.10 Å². The fourth-order valence-electron chi connectivity index (χ4n) is 4.18. The summed E-state index contributed by atoms with van der Waals surface area (Å²) >= 11 is 6.07. The van der Waals surface area contributed by atoms with Crippen LogP contribution in [0.3, 0.4) is 0 Å². The number of nitrogens with zero attached hydrogens (tertiary/aromatic N) is 2. The Hall–Kier alpha value is -2.00. The molecule has 2 aromatic carbocycles. The summed E-state index contributed by atoms with van der Waals surface area (Å²) in [5, 5.41) is 8.01. The Morgan fingerprint density at radius 3 is 2.67 bits per heavy atom. The topological polar surface area (TPSA) is 24.8 Å². The normalized spacial score (nSPS) is 23.4. The van der Waals surface area contributed by atoms with Crippen LogP contribution in [0, 0.1) is 0 Å². The van der Waals surface area contributed by atoms with Crippen molar-refractivity contribution in [3.63, 3.8) is 0 Å². The van der Waals surface area contributed by atoms with Gasteiger partial charge in [-0.2, -0.15) is 5.10 Å². The third-order valence-electron chi connectivity index (χ3n) is 5.67. The van der Waals surface area contributed by atoms with Gasteiger partial charge in [-0.15, -0.1) is 0 Å². The van der Waals surface area contributed by atoms with Crippen molar-refractivity contribution in [2.75, 3.05) is 0 Å². The molecule has 0 aromatic heterocycles. The molecule has 0 N–H and O–H groups in total. The number of benzene rings is 2.